The van der Waals surface area contributed by atoms with Crippen LogP contribution >= 0.6 is 0 Å². The van der Waals surface area contributed by atoms with Crippen LogP contribution in [0.5, 0.6) is 0 Å². The quantitative estimate of drug-likeness (QED) is 0.712. The Balaban J connectivity index is 2.10. The van der Waals surface area contributed by atoms with E-state index in [4.69, 9.17) is 5.11 Å². The molecule has 1 amide bonds. The number of nitrogens with one attached hydrogen (secondary N) is 1. The number of carbonyl (C=O) groups is 1. The summed E-state index contributed by atoms with van der Waals surface area (Å²) in [4.78, 5) is 24.0. The first-order valence-corrected chi connectivity index (χ1v) is 8.59. The van der Waals surface area contributed by atoms with Crippen molar-refractivity contribution in [3.63, 3.8) is 0 Å². The molecule has 1 unspecified atom stereocenters. The summed E-state index contributed by atoms with van der Waals surface area (Å²) in [6.45, 7) is 3.98. The van der Waals surface area contributed by atoms with E-state index >= 15 is 0 Å². The predicted molar refractivity (Wildman–Crippen MR) is 101 cm³/mol. The predicted octanol–water partition coefficient (Wildman–Crippen LogP) is 3.92. The first-order valence-electron chi connectivity index (χ1n) is 8.59. The van der Waals surface area contributed by atoms with E-state index < -0.39 is 12.1 Å². The van der Waals surface area contributed by atoms with Gasteiger partial charge in [-0.3, -0.25) is 4.98 Å². The van der Waals surface area contributed by atoms with Gasteiger partial charge in [0.2, 0.25) is 0 Å². The van der Waals surface area contributed by atoms with Gasteiger partial charge in [-0.15, -0.1) is 0 Å². The summed E-state index contributed by atoms with van der Waals surface area (Å²) in [6, 6.07) is 10.9. The molecular formula is C20H19N5O2. The number of hydrogen-bond acceptors (Lipinski definition) is 5. The Hall–Kier alpha value is -3.53. The van der Waals surface area contributed by atoms with Crippen LogP contribution in [0.25, 0.3) is 22.0 Å². The third-order valence-electron chi connectivity index (χ3n) is 4.15. The number of pyridine rings is 1. The number of nitriles is 1. The average molecular weight is 361 g/mol. The van der Waals surface area contributed by atoms with E-state index in [2.05, 4.69) is 26.3 Å². The van der Waals surface area contributed by atoms with Crippen LogP contribution in [0, 0.1) is 17.2 Å². The third kappa shape index (κ3) is 4.18. The Morgan fingerprint density at radius 3 is 2.56 bits per heavy atom. The Bertz CT molecular complexity index is 1010. The van der Waals surface area contributed by atoms with Gasteiger partial charge in [-0.25, -0.2) is 14.8 Å². The normalized spacial score (nSPS) is 11.9. The lowest BCUT2D eigenvalue weighted by Gasteiger charge is -2.18. The van der Waals surface area contributed by atoms with Crippen LogP contribution in [0.3, 0.4) is 0 Å². The van der Waals surface area contributed by atoms with Crippen LogP contribution in [-0.2, 0) is 0 Å². The summed E-state index contributed by atoms with van der Waals surface area (Å²) in [5.41, 5.74) is 2.74. The summed E-state index contributed by atoms with van der Waals surface area (Å²) in [5.74, 6) is 0.549. The van der Waals surface area contributed by atoms with Gasteiger partial charge in [-0.05, 0) is 47.7 Å². The fraction of sp³-hybridized carbons (Fsp3) is 0.250. The van der Waals surface area contributed by atoms with Crippen LogP contribution < -0.4 is 5.32 Å². The Kier molecular flexibility index (Phi) is 5.27. The highest BCUT2D eigenvalue weighted by atomic mass is 16.4. The highest BCUT2D eigenvalue weighted by molar-refractivity contribution is 5.88. The highest BCUT2D eigenvalue weighted by Crippen LogP contribution is 2.27. The molecule has 0 radical (unpaired) electrons. The fourth-order valence-corrected chi connectivity index (χ4v) is 2.96. The molecule has 0 spiro atoms. The van der Waals surface area contributed by atoms with Crippen molar-refractivity contribution in [2.75, 3.05) is 0 Å². The number of amides is 1. The lowest BCUT2D eigenvalue weighted by atomic mass is 10.0. The molecule has 27 heavy (non-hydrogen) atoms. The van der Waals surface area contributed by atoms with Gasteiger partial charge in [0.05, 0.1) is 11.6 Å². The minimum absolute atomic E-state index is 0.229. The highest BCUT2D eigenvalue weighted by Gasteiger charge is 2.21. The summed E-state index contributed by atoms with van der Waals surface area (Å²) in [5, 5.41) is 21.8. The second-order valence-electron chi connectivity index (χ2n) is 6.64. The maximum absolute atomic E-state index is 11.1. The van der Waals surface area contributed by atoms with E-state index in [1.54, 1.807) is 12.4 Å². The lowest BCUT2D eigenvalue weighted by Crippen LogP contribution is -2.29. The van der Waals surface area contributed by atoms with E-state index in [0.717, 1.165) is 11.1 Å². The van der Waals surface area contributed by atoms with E-state index in [-0.39, 0.29) is 11.6 Å². The molecule has 2 heterocycles. The Labute approximate surface area is 156 Å². The van der Waals surface area contributed by atoms with E-state index in [1.807, 2.05) is 44.2 Å². The number of nitrogens with zero attached hydrogens (tertiary/aromatic N) is 4. The maximum atomic E-state index is 11.1. The zero-order valence-corrected chi connectivity index (χ0v) is 15.0. The minimum Gasteiger partial charge on any atom is -0.465 e. The minimum atomic E-state index is -1.14. The molecule has 7 heteroatoms. The molecule has 0 saturated carbocycles. The second kappa shape index (κ2) is 7.79. The van der Waals surface area contributed by atoms with Crippen molar-refractivity contribution in [2.45, 2.75) is 26.3 Å². The molecule has 0 fully saturated rings. The fourth-order valence-electron chi connectivity index (χ4n) is 2.96. The van der Waals surface area contributed by atoms with Gasteiger partial charge in [-0.1, -0.05) is 19.9 Å². The van der Waals surface area contributed by atoms with Gasteiger partial charge >= 0.3 is 6.09 Å². The van der Waals surface area contributed by atoms with Crippen LogP contribution in [-0.4, -0.2) is 26.2 Å². The average Bonchev–Trinajstić information content (AvgIpc) is 2.66. The molecule has 0 aliphatic heterocycles. The van der Waals surface area contributed by atoms with Crippen molar-refractivity contribution in [2.24, 2.45) is 5.92 Å². The Morgan fingerprint density at radius 2 is 1.93 bits per heavy atom. The van der Waals surface area contributed by atoms with E-state index in [9.17, 15) is 10.1 Å². The summed E-state index contributed by atoms with van der Waals surface area (Å²) >= 11 is 0. The molecule has 3 aromatic rings. The number of hydrogen-bond donors (Lipinski definition) is 2. The van der Waals surface area contributed by atoms with Gasteiger partial charge in [0.1, 0.15) is 6.07 Å². The molecule has 2 N–H and O–H groups in total. The molecule has 1 aromatic carbocycles. The van der Waals surface area contributed by atoms with Crippen molar-refractivity contribution >= 4 is 17.0 Å². The van der Waals surface area contributed by atoms with Crippen LogP contribution in [0.4, 0.5) is 4.79 Å². The Morgan fingerprint density at radius 1 is 1.19 bits per heavy atom. The number of carboxylic acid groups (broad SMARTS) is 1. The van der Waals surface area contributed by atoms with Crippen molar-refractivity contribution in [1.82, 2.24) is 20.3 Å². The van der Waals surface area contributed by atoms with E-state index in [0.29, 0.717) is 23.1 Å². The largest absolute Gasteiger partial charge is 0.465 e. The van der Waals surface area contributed by atoms with Crippen molar-refractivity contribution in [1.29, 1.82) is 5.26 Å². The SMILES string of the molecule is CC(C)CC(NC(=O)O)c1nc(C#N)c2cc(-c3ccncc3)ccc2n1. The number of fused-ring (bicyclic) bond motifs is 1. The first-order chi connectivity index (χ1) is 13.0. The van der Waals surface area contributed by atoms with Crippen molar-refractivity contribution in [3.05, 3.63) is 54.2 Å². The lowest BCUT2D eigenvalue weighted by molar-refractivity contribution is 0.187. The molecule has 0 aliphatic rings. The van der Waals surface area contributed by atoms with Crippen molar-refractivity contribution < 1.29 is 9.90 Å². The van der Waals surface area contributed by atoms with Crippen LogP contribution in [0.1, 0.15) is 37.8 Å². The number of aromatic nitrogens is 3. The topological polar surface area (TPSA) is 112 Å². The molecule has 136 valence electrons. The zero-order valence-electron chi connectivity index (χ0n) is 15.0. The number of benzene rings is 1. The van der Waals surface area contributed by atoms with Gasteiger partial charge in [0, 0.05) is 17.8 Å². The molecular weight excluding hydrogens is 342 g/mol. The summed E-state index contributed by atoms with van der Waals surface area (Å²) in [6.07, 6.45) is 2.81. The van der Waals surface area contributed by atoms with E-state index in [1.165, 1.54) is 0 Å². The number of rotatable bonds is 5. The van der Waals surface area contributed by atoms with Crippen LogP contribution in [0.15, 0.2) is 42.7 Å². The molecule has 3 rings (SSSR count). The molecule has 0 aliphatic carbocycles. The summed E-state index contributed by atoms with van der Waals surface area (Å²) < 4.78 is 0. The van der Waals surface area contributed by atoms with Crippen LogP contribution in [0.2, 0.25) is 0 Å². The maximum Gasteiger partial charge on any atom is 0.405 e. The molecule has 7 nitrogen and oxygen atoms in total. The van der Waals surface area contributed by atoms with Gasteiger partial charge < -0.3 is 10.4 Å². The summed E-state index contributed by atoms with van der Waals surface area (Å²) in [7, 11) is 0. The van der Waals surface area contributed by atoms with Gasteiger partial charge in [0.15, 0.2) is 11.5 Å². The monoisotopic (exact) mass is 361 g/mol. The smallest absolute Gasteiger partial charge is 0.405 e. The second-order valence-corrected chi connectivity index (χ2v) is 6.64. The third-order valence-corrected chi connectivity index (χ3v) is 4.15. The first kappa shape index (κ1) is 18.3. The molecule has 0 bridgehead atoms. The zero-order chi connectivity index (χ0) is 19.4. The molecule has 2 aromatic heterocycles. The van der Waals surface area contributed by atoms with Gasteiger partial charge in [0.25, 0.3) is 0 Å². The van der Waals surface area contributed by atoms with Gasteiger partial charge in [-0.2, -0.15) is 5.26 Å². The molecule has 1 atom stereocenters. The standard InChI is InChI=1S/C20H19N5O2/c1-12(2)9-17(25-20(26)27)19-23-16-4-3-14(13-5-7-22-8-6-13)10-15(16)18(11-21)24-19/h3-8,10,12,17,25H,9H2,1-2H3,(H,26,27). The van der Waals surface area contributed by atoms with Crippen molar-refractivity contribution in [3.8, 4) is 17.2 Å². The molecule has 0 saturated heterocycles.